The highest BCUT2D eigenvalue weighted by molar-refractivity contribution is 6.39. The van der Waals surface area contributed by atoms with E-state index < -0.39 is 40.9 Å². The van der Waals surface area contributed by atoms with Gasteiger partial charge in [0.1, 0.15) is 34.6 Å². The molecule has 0 aliphatic heterocycles. The van der Waals surface area contributed by atoms with Crippen molar-refractivity contribution >= 4 is 46.0 Å². The summed E-state index contributed by atoms with van der Waals surface area (Å²) in [6.45, 7) is 1.31. The minimum atomic E-state index is -1.25. The predicted molar refractivity (Wildman–Crippen MR) is 126 cm³/mol. The Morgan fingerprint density at radius 1 is 0.971 bits per heavy atom. The quantitative estimate of drug-likeness (QED) is 0.247. The molecule has 10 heteroatoms. The summed E-state index contributed by atoms with van der Waals surface area (Å²) < 4.78 is 46.8. The van der Waals surface area contributed by atoms with Crippen molar-refractivity contribution in [2.75, 3.05) is 0 Å². The number of amides is 1. The van der Waals surface area contributed by atoms with Gasteiger partial charge in [-0.05, 0) is 55.0 Å². The van der Waals surface area contributed by atoms with E-state index in [2.05, 4.69) is 10.3 Å². The van der Waals surface area contributed by atoms with E-state index in [-0.39, 0.29) is 21.3 Å². The molecule has 5 nitrogen and oxygen atoms in total. The maximum atomic E-state index is 13.9. The summed E-state index contributed by atoms with van der Waals surface area (Å²) in [7, 11) is 0. The van der Waals surface area contributed by atoms with Crippen molar-refractivity contribution in [3.8, 4) is 16.9 Å². The van der Waals surface area contributed by atoms with E-state index in [9.17, 15) is 22.8 Å². The molecule has 4 aromatic rings. The fraction of sp³-hybridized carbons (Fsp3) is 0.0800. The number of nitrogens with zero attached hydrogens (tertiary/aromatic N) is 1. The summed E-state index contributed by atoms with van der Waals surface area (Å²) in [5.74, 6) is -4.67. The van der Waals surface area contributed by atoms with Crippen LogP contribution < -0.4 is 10.1 Å². The van der Waals surface area contributed by atoms with E-state index >= 15 is 0 Å². The molecule has 0 spiro atoms. The molecule has 0 unspecified atom stereocenters. The molecule has 178 valence electrons. The molecule has 1 atom stereocenters. The van der Waals surface area contributed by atoms with E-state index in [0.29, 0.717) is 16.5 Å². The standard InChI is InChI=1S/C25H15Cl2F3N2O3/c1-12(32-24(33)22-18(29)5-2-6-19(22)30)25(34)35-20-8-7-14(15-4-3-9-31-23(15)20)21-16(26)10-13(28)11-17(21)27/h2-12H,1H3,(H,32,33)/t12-/m0/s1. The lowest BCUT2D eigenvalue weighted by Gasteiger charge is -2.16. The van der Waals surface area contributed by atoms with Crippen molar-refractivity contribution in [3.63, 3.8) is 0 Å². The van der Waals surface area contributed by atoms with Gasteiger partial charge in [-0.3, -0.25) is 9.78 Å². The number of hydrogen-bond donors (Lipinski definition) is 1. The lowest BCUT2D eigenvalue weighted by atomic mass is 10.00. The van der Waals surface area contributed by atoms with Gasteiger partial charge in [-0.15, -0.1) is 0 Å². The molecule has 0 saturated carbocycles. The molecule has 0 aliphatic rings. The van der Waals surface area contributed by atoms with E-state index in [0.717, 1.165) is 30.3 Å². The Balaban J connectivity index is 1.63. The van der Waals surface area contributed by atoms with Crippen LogP contribution in [0.25, 0.3) is 22.0 Å². The minimum absolute atomic E-state index is 0.0573. The first-order valence-electron chi connectivity index (χ1n) is 10.2. The molecule has 0 saturated heterocycles. The van der Waals surface area contributed by atoms with Crippen molar-refractivity contribution in [2.45, 2.75) is 13.0 Å². The van der Waals surface area contributed by atoms with Gasteiger partial charge in [0.15, 0.2) is 5.75 Å². The smallest absolute Gasteiger partial charge is 0.333 e. The zero-order valence-corrected chi connectivity index (χ0v) is 19.4. The van der Waals surface area contributed by atoms with Crippen LogP contribution in [0.15, 0.2) is 60.8 Å². The molecule has 35 heavy (non-hydrogen) atoms. The topological polar surface area (TPSA) is 68.3 Å². The fourth-order valence-corrected chi connectivity index (χ4v) is 4.15. The van der Waals surface area contributed by atoms with Crippen LogP contribution in [0.5, 0.6) is 5.75 Å². The van der Waals surface area contributed by atoms with Gasteiger partial charge >= 0.3 is 5.97 Å². The van der Waals surface area contributed by atoms with Crippen LogP contribution in [0.2, 0.25) is 10.0 Å². The third-order valence-electron chi connectivity index (χ3n) is 5.11. The number of fused-ring (bicyclic) bond motifs is 1. The number of halogens is 5. The van der Waals surface area contributed by atoms with Gasteiger partial charge in [0.25, 0.3) is 5.91 Å². The molecule has 1 aromatic heterocycles. The zero-order valence-electron chi connectivity index (χ0n) is 17.9. The lowest BCUT2D eigenvalue weighted by molar-refractivity contribution is -0.136. The summed E-state index contributed by atoms with van der Waals surface area (Å²) in [6, 6.07) is 10.3. The van der Waals surface area contributed by atoms with Crippen LogP contribution in [0.1, 0.15) is 17.3 Å². The third-order valence-corrected chi connectivity index (χ3v) is 5.71. The Morgan fingerprint density at radius 2 is 1.63 bits per heavy atom. The third kappa shape index (κ3) is 4.94. The van der Waals surface area contributed by atoms with Crippen molar-refractivity contribution in [3.05, 3.63) is 93.9 Å². The molecule has 0 aliphatic carbocycles. The van der Waals surface area contributed by atoms with Crippen LogP contribution >= 0.6 is 23.2 Å². The van der Waals surface area contributed by atoms with E-state index in [1.54, 1.807) is 18.2 Å². The van der Waals surface area contributed by atoms with Gasteiger partial charge in [0.05, 0.1) is 10.0 Å². The molecule has 0 radical (unpaired) electrons. The Kier molecular flexibility index (Phi) is 6.95. The highest BCUT2D eigenvalue weighted by atomic mass is 35.5. The van der Waals surface area contributed by atoms with Gasteiger partial charge in [-0.25, -0.2) is 18.0 Å². The zero-order chi connectivity index (χ0) is 25.3. The maximum absolute atomic E-state index is 13.9. The van der Waals surface area contributed by atoms with Gasteiger partial charge < -0.3 is 10.1 Å². The number of aromatic nitrogens is 1. The maximum Gasteiger partial charge on any atom is 0.333 e. The van der Waals surface area contributed by atoms with E-state index in [1.807, 2.05) is 0 Å². The summed E-state index contributed by atoms with van der Waals surface area (Å²) in [5, 5.41) is 2.90. The Morgan fingerprint density at radius 3 is 2.29 bits per heavy atom. The number of carbonyl (C=O) groups excluding carboxylic acids is 2. The summed E-state index contributed by atoms with van der Waals surface area (Å²) in [4.78, 5) is 29.2. The van der Waals surface area contributed by atoms with Crippen LogP contribution in [-0.4, -0.2) is 22.9 Å². The fourth-order valence-electron chi connectivity index (χ4n) is 3.49. The molecule has 4 rings (SSSR count). The number of pyridine rings is 1. The van der Waals surface area contributed by atoms with Crippen LogP contribution in [0.4, 0.5) is 13.2 Å². The number of hydrogen-bond acceptors (Lipinski definition) is 4. The molecular weight excluding hydrogens is 504 g/mol. The first kappa shape index (κ1) is 24.5. The number of benzene rings is 3. The number of ether oxygens (including phenoxy) is 1. The molecule has 1 N–H and O–H groups in total. The van der Waals surface area contributed by atoms with Crippen molar-refractivity contribution < 1.29 is 27.5 Å². The second kappa shape index (κ2) is 9.93. The van der Waals surface area contributed by atoms with Crippen molar-refractivity contribution in [2.24, 2.45) is 0 Å². The largest absolute Gasteiger partial charge is 0.423 e. The predicted octanol–water partition coefficient (Wildman–Crippen LogP) is 6.35. The van der Waals surface area contributed by atoms with Crippen LogP contribution in [-0.2, 0) is 4.79 Å². The van der Waals surface area contributed by atoms with Crippen LogP contribution in [0.3, 0.4) is 0 Å². The van der Waals surface area contributed by atoms with E-state index in [1.165, 1.54) is 19.2 Å². The summed E-state index contributed by atoms with van der Waals surface area (Å²) >= 11 is 12.5. The SMILES string of the molecule is C[C@H](NC(=O)c1c(F)cccc1F)C(=O)Oc1ccc(-c2c(Cl)cc(F)cc2Cl)c2cccnc12. The highest BCUT2D eigenvalue weighted by Gasteiger charge is 2.24. The first-order chi connectivity index (χ1) is 16.7. The number of esters is 1. The Hall–Kier alpha value is -3.62. The molecule has 0 bridgehead atoms. The number of carbonyl (C=O) groups is 2. The Bertz CT molecular complexity index is 1440. The average Bonchev–Trinajstić information content (AvgIpc) is 2.79. The van der Waals surface area contributed by atoms with Gasteiger partial charge in [-0.1, -0.05) is 35.3 Å². The Labute approximate surface area is 207 Å². The first-order valence-corrected chi connectivity index (χ1v) is 10.9. The van der Waals surface area contributed by atoms with Gasteiger partial charge in [0.2, 0.25) is 0 Å². The highest BCUT2D eigenvalue weighted by Crippen LogP contribution is 2.41. The van der Waals surface area contributed by atoms with Gasteiger partial charge in [0, 0.05) is 17.1 Å². The summed E-state index contributed by atoms with van der Waals surface area (Å²) in [5.41, 5.74) is 0.364. The minimum Gasteiger partial charge on any atom is -0.423 e. The van der Waals surface area contributed by atoms with Crippen LogP contribution in [0, 0.1) is 17.5 Å². The molecule has 3 aromatic carbocycles. The van der Waals surface area contributed by atoms with E-state index in [4.69, 9.17) is 27.9 Å². The normalized spacial score (nSPS) is 11.8. The monoisotopic (exact) mass is 518 g/mol. The second-order valence-electron chi connectivity index (χ2n) is 7.47. The average molecular weight is 519 g/mol. The van der Waals surface area contributed by atoms with Crippen molar-refractivity contribution in [1.82, 2.24) is 10.3 Å². The molecule has 0 fully saturated rings. The molecular formula is C25H15Cl2F3N2O3. The molecule has 1 heterocycles. The number of rotatable bonds is 5. The molecule has 1 amide bonds. The summed E-state index contributed by atoms with van der Waals surface area (Å²) in [6.07, 6.45) is 1.48. The lowest BCUT2D eigenvalue weighted by Crippen LogP contribution is -2.41. The van der Waals surface area contributed by atoms with Gasteiger partial charge in [-0.2, -0.15) is 0 Å². The number of nitrogens with one attached hydrogen (secondary N) is 1. The second-order valence-corrected chi connectivity index (χ2v) is 8.28. The van der Waals surface area contributed by atoms with Crippen molar-refractivity contribution in [1.29, 1.82) is 0 Å².